The van der Waals surface area contributed by atoms with Crippen molar-refractivity contribution < 1.29 is 31.1 Å². The number of aryl methyl sites for hydroxylation is 1. The monoisotopic (exact) mass is 648 g/mol. The summed E-state index contributed by atoms with van der Waals surface area (Å²) in [6, 6.07) is 18.3. The second-order valence-corrected chi connectivity index (χ2v) is 10.7. The summed E-state index contributed by atoms with van der Waals surface area (Å²) in [7, 11) is 0. The standard InChI is InChI=1S/C36H26F6N2OS/c1-2-3-4-5-22-6-14-33(43-20-22)26-18-31(39)35(32(40)19-26)36(41,42)45-27-11-7-23(8-12-27)24-9-13-28(29(37)16-24)25-10-15-34(44-21-46)30(38)17-25/h6-20H,2-5H2,1H3. The van der Waals surface area contributed by atoms with Gasteiger partial charge in [0.1, 0.15) is 40.3 Å². The summed E-state index contributed by atoms with van der Waals surface area (Å²) < 4.78 is 94.0. The smallest absolute Gasteiger partial charge is 0.429 e. The minimum atomic E-state index is -4.35. The van der Waals surface area contributed by atoms with E-state index in [4.69, 9.17) is 4.74 Å². The first-order valence-electron chi connectivity index (χ1n) is 14.4. The molecule has 10 heteroatoms. The van der Waals surface area contributed by atoms with Crippen LogP contribution in [0.2, 0.25) is 0 Å². The lowest BCUT2D eigenvalue weighted by molar-refractivity contribution is -0.189. The highest BCUT2D eigenvalue weighted by Gasteiger charge is 2.41. The molecule has 0 N–H and O–H groups in total. The van der Waals surface area contributed by atoms with Crippen LogP contribution in [-0.4, -0.2) is 10.1 Å². The molecule has 1 heterocycles. The Hall–Kier alpha value is -4.79. The van der Waals surface area contributed by atoms with E-state index in [1.54, 1.807) is 24.4 Å². The quantitative estimate of drug-likeness (QED) is 0.0619. The fourth-order valence-electron chi connectivity index (χ4n) is 4.98. The predicted octanol–water partition coefficient (Wildman–Crippen LogP) is 11.2. The van der Waals surface area contributed by atoms with Crippen molar-refractivity contribution >= 4 is 23.1 Å². The number of unbranched alkanes of at least 4 members (excludes halogenated alkanes) is 2. The molecule has 0 aliphatic carbocycles. The number of rotatable bonds is 11. The fraction of sp³-hybridized carbons (Fsp3) is 0.167. The number of isothiocyanates is 1. The fourth-order valence-corrected chi connectivity index (χ4v) is 5.08. The highest BCUT2D eigenvalue weighted by atomic mass is 32.1. The largest absolute Gasteiger partial charge is 0.432 e. The molecule has 234 valence electrons. The number of aromatic nitrogens is 1. The lowest BCUT2D eigenvalue weighted by atomic mass is 9.99. The van der Waals surface area contributed by atoms with E-state index in [0.29, 0.717) is 11.1 Å². The van der Waals surface area contributed by atoms with Crippen molar-refractivity contribution in [1.29, 1.82) is 0 Å². The molecule has 0 saturated carbocycles. The van der Waals surface area contributed by atoms with E-state index in [2.05, 4.69) is 34.3 Å². The Labute approximate surface area is 267 Å². The molecule has 5 rings (SSSR count). The van der Waals surface area contributed by atoms with Gasteiger partial charge in [-0.15, -0.1) is 0 Å². The third kappa shape index (κ3) is 7.36. The van der Waals surface area contributed by atoms with Gasteiger partial charge in [-0.05, 0) is 95.8 Å². The third-order valence-electron chi connectivity index (χ3n) is 7.35. The Bertz CT molecular complexity index is 1880. The summed E-state index contributed by atoms with van der Waals surface area (Å²) in [5.41, 5.74) is 0.922. The van der Waals surface area contributed by atoms with Crippen LogP contribution < -0.4 is 4.74 Å². The number of halogens is 6. The maximum absolute atomic E-state index is 15.1. The zero-order valence-corrected chi connectivity index (χ0v) is 25.3. The summed E-state index contributed by atoms with van der Waals surface area (Å²) in [6.07, 6.45) is 1.21. The molecule has 1 aromatic heterocycles. The van der Waals surface area contributed by atoms with E-state index in [-0.39, 0.29) is 33.8 Å². The van der Waals surface area contributed by atoms with Crippen LogP contribution in [0, 0.1) is 23.3 Å². The third-order valence-corrected chi connectivity index (χ3v) is 7.44. The lowest BCUT2D eigenvalue weighted by Gasteiger charge is -2.20. The zero-order valence-electron chi connectivity index (χ0n) is 24.5. The van der Waals surface area contributed by atoms with Crippen LogP contribution in [0.15, 0.2) is 96.1 Å². The number of pyridine rings is 1. The van der Waals surface area contributed by atoms with Crippen LogP contribution in [0.3, 0.4) is 0 Å². The normalized spacial score (nSPS) is 11.3. The van der Waals surface area contributed by atoms with E-state index in [0.717, 1.165) is 49.4 Å². The average molecular weight is 649 g/mol. The van der Waals surface area contributed by atoms with Crippen molar-refractivity contribution in [2.45, 2.75) is 38.7 Å². The molecular formula is C36H26F6N2OS. The van der Waals surface area contributed by atoms with Crippen molar-refractivity contribution in [3.63, 3.8) is 0 Å². The van der Waals surface area contributed by atoms with Crippen LogP contribution in [0.5, 0.6) is 5.75 Å². The maximum Gasteiger partial charge on any atom is 0.432 e. The Balaban J connectivity index is 1.31. The van der Waals surface area contributed by atoms with E-state index in [1.165, 1.54) is 48.5 Å². The van der Waals surface area contributed by atoms with Gasteiger partial charge in [0.2, 0.25) is 0 Å². The first-order chi connectivity index (χ1) is 22.1. The predicted molar refractivity (Wildman–Crippen MR) is 169 cm³/mol. The maximum atomic E-state index is 15.1. The van der Waals surface area contributed by atoms with E-state index in [1.807, 2.05) is 0 Å². The number of aliphatic imine (C=N–C) groups is 1. The van der Waals surface area contributed by atoms with Gasteiger partial charge in [-0.3, -0.25) is 4.98 Å². The van der Waals surface area contributed by atoms with Gasteiger partial charge in [-0.2, -0.15) is 13.8 Å². The van der Waals surface area contributed by atoms with Crippen molar-refractivity contribution in [1.82, 2.24) is 4.98 Å². The highest BCUT2D eigenvalue weighted by molar-refractivity contribution is 7.78. The van der Waals surface area contributed by atoms with Gasteiger partial charge in [0, 0.05) is 17.3 Å². The van der Waals surface area contributed by atoms with Gasteiger partial charge in [0.05, 0.1) is 10.9 Å². The summed E-state index contributed by atoms with van der Waals surface area (Å²) in [6.45, 7) is 2.09. The average Bonchev–Trinajstić information content (AvgIpc) is 3.02. The second kappa shape index (κ2) is 14.1. The van der Waals surface area contributed by atoms with Gasteiger partial charge in [0.15, 0.2) is 0 Å². The van der Waals surface area contributed by atoms with Crippen LogP contribution in [-0.2, 0) is 12.5 Å². The first kappa shape index (κ1) is 32.6. The van der Waals surface area contributed by atoms with Gasteiger partial charge in [-0.25, -0.2) is 17.6 Å². The number of nitrogens with zero attached hydrogens (tertiary/aromatic N) is 2. The summed E-state index contributed by atoms with van der Waals surface area (Å²) in [4.78, 5) is 7.84. The van der Waals surface area contributed by atoms with Crippen molar-refractivity contribution in [3.8, 4) is 39.3 Å². The Morgan fingerprint density at radius 2 is 1.39 bits per heavy atom. The van der Waals surface area contributed by atoms with Gasteiger partial charge < -0.3 is 4.74 Å². The molecule has 0 radical (unpaired) electrons. The molecule has 0 fully saturated rings. The Morgan fingerprint density at radius 3 is 2.00 bits per heavy atom. The molecule has 0 aliphatic rings. The van der Waals surface area contributed by atoms with Crippen molar-refractivity contribution in [2.75, 3.05) is 0 Å². The summed E-state index contributed by atoms with van der Waals surface area (Å²) in [5.74, 6) is -4.68. The number of alkyl halides is 2. The van der Waals surface area contributed by atoms with Crippen molar-refractivity contribution in [3.05, 3.63) is 126 Å². The van der Waals surface area contributed by atoms with Crippen LogP contribution in [0.4, 0.5) is 32.0 Å². The van der Waals surface area contributed by atoms with E-state index < -0.39 is 34.9 Å². The summed E-state index contributed by atoms with van der Waals surface area (Å²) >= 11 is 4.48. The molecule has 0 saturated heterocycles. The molecule has 0 spiro atoms. The van der Waals surface area contributed by atoms with Crippen LogP contribution in [0.25, 0.3) is 33.5 Å². The van der Waals surface area contributed by atoms with Crippen molar-refractivity contribution in [2.24, 2.45) is 4.99 Å². The zero-order chi connectivity index (χ0) is 32.8. The molecule has 0 atom stereocenters. The number of benzene rings is 4. The molecule has 4 aromatic carbocycles. The second-order valence-electron chi connectivity index (χ2n) is 10.5. The van der Waals surface area contributed by atoms with E-state index in [9.17, 15) is 13.2 Å². The molecule has 0 bridgehead atoms. The van der Waals surface area contributed by atoms with Crippen LogP contribution >= 0.6 is 12.2 Å². The lowest BCUT2D eigenvalue weighted by Crippen LogP contribution is -2.25. The molecule has 0 aliphatic heterocycles. The van der Waals surface area contributed by atoms with Gasteiger partial charge in [-0.1, -0.05) is 56.2 Å². The molecule has 0 unspecified atom stereocenters. The number of ether oxygens (including phenoxy) is 1. The topological polar surface area (TPSA) is 34.5 Å². The first-order valence-corrected chi connectivity index (χ1v) is 14.8. The van der Waals surface area contributed by atoms with Crippen LogP contribution in [0.1, 0.15) is 37.3 Å². The Kier molecular flexibility index (Phi) is 9.99. The molecule has 0 amide bonds. The molecule has 5 aromatic rings. The Morgan fingerprint density at radius 1 is 0.739 bits per heavy atom. The van der Waals surface area contributed by atoms with E-state index >= 15 is 13.2 Å². The minimum Gasteiger partial charge on any atom is -0.429 e. The highest BCUT2D eigenvalue weighted by Crippen LogP contribution is 2.38. The van der Waals surface area contributed by atoms with Gasteiger partial charge >= 0.3 is 6.11 Å². The SMILES string of the molecule is CCCCCc1ccc(-c2cc(F)c(C(F)(F)Oc3ccc(-c4ccc(-c5ccc(N=C=S)c(F)c5)c(F)c4)cc3)c(F)c2)nc1. The molecular weight excluding hydrogens is 622 g/mol. The molecule has 3 nitrogen and oxygen atoms in total. The number of hydrogen-bond donors (Lipinski definition) is 0. The minimum absolute atomic E-state index is 0.0136. The summed E-state index contributed by atoms with van der Waals surface area (Å²) in [5, 5.41) is 2.07. The molecule has 46 heavy (non-hydrogen) atoms. The number of thiocarbonyl (C=S) groups is 1. The number of hydrogen-bond acceptors (Lipinski definition) is 4. The van der Waals surface area contributed by atoms with Gasteiger partial charge in [0.25, 0.3) is 0 Å².